The molecule has 0 fully saturated rings. The molecule has 0 amide bonds. The van der Waals surface area contributed by atoms with Crippen LogP contribution in [0.3, 0.4) is 0 Å². The Morgan fingerprint density at radius 3 is 1.91 bits per heavy atom. The molecule has 0 N–H and O–H groups in total. The molecular formula is C39H18Br4N2O. The zero-order valence-electron chi connectivity index (χ0n) is 23.7. The number of furan rings is 1. The van der Waals surface area contributed by atoms with Crippen LogP contribution in [0.1, 0.15) is 22.6 Å². The van der Waals surface area contributed by atoms with Crippen molar-refractivity contribution in [1.29, 1.82) is 0 Å². The number of rotatable bonds is 2. The molecule has 7 heteroatoms. The second-order valence-electron chi connectivity index (χ2n) is 11.1. The average Bonchev–Trinajstić information content (AvgIpc) is 3.59. The number of hydrogen-bond acceptors (Lipinski definition) is 1. The molecule has 0 radical (unpaired) electrons. The molecule has 0 saturated carbocycles. The lowest BCUT2D eigenvalue weighted by atomic mass is 10.1. The van der Waals surface area contributed by atoms with Gasteiger partial charge in [0.05, 0.1) is 32.4 Å². The summed E-state index contributed by atoms with van der Waals surface area (Å²) >= 11 is 14.6. The molecule has 46 heavy (non-hydrogen) atoms. The first-order chi connectivity index (χ1) is 22.4. The molecule has 0 saturated heterocycles. The maximum absolute atomic E-state index is 6.35. The minimum atomic E-state index is 0.751. The topological polar surface area (TPSA) is 23.0 Å². The van der Waals surface area contributed by atoms with E-state index in [2.05, 4.69) is 169 Å². The molecule has 4 aromatic carbocycles. The first kappa shape index (κ1) is 28.2. The Kier molecular flexibility index (Phi) is 6.61. The molecule has 0 atom stereocenters. The first-order valence-electron chi connectivity index (χ1n) is 14.4. The summed E-state index contributed by atoms with van der Waals surface area (Å²) in [4.78, 5) is 0. The van der Waals surface area contributed by atoms with E-state index in [9.17, 15) is 0 Å². The molecule has 3 nitrogen and oxygen atoms in total. The van der Waals surface area contributed by atoms with E-state index >= 15 is 0 Å². The van der Waals surface area contributed by atoms with Crippen molar-refractivity contribution in [1.82, 2.24) is 9.13 Å². The second kappa shape index (κ2) is 10.8. The van der Waals surface area contributed by atoms with Crippen LogP contribution in [-0.2, 0) is 0 Å². The van der Waals surface area contributed by atoms with E-state index in [1.807, 2.05) is 30.4 Å². The molecule has 0 aliphatic heterocycles. The predicted octanol–water partition coefficient (Wildman–Crippen LogP) is 13.0. The summed E-state index contributed by atoms with van der Waals surface area (Å²) in [7, 11) is 0. The van der Waals surface area contributed by atoms with Crippen LogP contribution in [0.2, 0.25) is 0 Å². The van der Waals surface area contributed by atoms with Crippen LogP contribution in [-0.4, -0.2) is 9.13 Å². The monoisotopic (exact) mass is 846 g/mol. The Morgan fingerprint density at radius 2 is 1.20 bits per heavy atom. The minimum Gasteiger partial charge on any atom is -0.455 e. The molecule has 218 valence electrons. The van der Waals surface area contributed by atoms with Crippen LogP contribution < -0.4 is 0 Å². The van der Waals surface area contributed by atoms with E-state index in [4.69, 9.17) is 4.42 Å². The van der Waals surface area contributed by atoms with Gasteiger partial charge < -0.3 is 13.6 Å². The van der Waals surface area contributed by atoms with Crippen LogP contribution in [0.25, 0.3) is 79.4 Å². The van der Waals surface area contributed by atoms with Gasteiger partial charge in [-0.3, -0.25) is 0 Å². The summed E-state index contributed by atoms with van der Waals surface area (Å²) < 4.78 is 14.9. The molecular weight excluding hydrogens is 832 g/mol. The normalized spacial score (nSPS) is 13.7. The van der Waals surface area contributed by atoms with Gasteiger partial charge in [-0.2, -0.15) is 0 Å². The van der Waals surface area contributed by atoms with Crippen molar-refractivity contribution in [2.45, 2.75) is 0 Å². The third kappa shape index (κ3) is 4.44. The van der Waals surface area contributed by atoms with Crippen molar-refractivity contribution >= 4 is 137 Å². The molecule has 3 heterocycles. The molecule has 9 rings (SSSR count). The van der Waals surface area contributed by atoms with Crippen molar-refractivity contribution in [3.63, 3.8) is 0 Å². The van der Waals surface area contributed by atoms with Crippen LogP contribution in [0.5, 0.6) is 0 Å². The highest BCUT2D eigenvalue weighted by atomic mass is 79.9. The van der Waals surface area contributed by atoms with E-state index in [0.29, 0.717) is 0 Å². The summed E-state index contributed by atoms with van der Waals surface area (Å²) in [5, 5.41) is 4.51. The number of benzene rings is 4. The van der Waals surface area contributed by atoms with Crippen molar-refractivity contribution in [3.05, 3.63) is 143 Å². The summed E-state index contributed by atoms with van der Waals surface area (Å²) in [5.74, 6) is 0.751. The van der Waals surface area contributed by atoms with Gasteiger partial charge >= 0.3 is 0 Å². The van der Waals surface area contributed by atoms with E-state index in [0.717, 1.165) is 84.8 Å². The van der Waals surface area contributed by atoms with Crippen LogP contribution >= 0.6 is 63.7 Å². The molecule has 2 aliphatic rings. The summed E-state index contributed by atoms with van der Waals surface area (Å²) in [5.41, 5.74) is 19.5. The van der Waals surface area contributed by atoms with E-state index in [1.54, 1.807) is 0 Å². The molecule has 0 unspecified atom stereocenters. The SMILES string of the molecule is BrC1=C=Cc2c(n(C3=C=Cc4c(oc5ccc(-n6c7ccc(Br)cc7c7cc(Br)ccc76)cc45)C=C=C3)c3ccc(Br)cc23)C=C1. The highest BCUT2D eigenvalue weighted by molar-refractivity contribution is 9.12. The molecule has 0 bridgehead atoms. The van der Waals surface area contributed by atoms with Crippen LogP contribution in [0, 0.1) is 0 Å². The Hall–Kier alpha value is -4.02. The van der Waals surface area contributed by atoms with Gasteiger partial charge in [0.25, 0.3) is 0 Å². The van der Waals surface area contributed by atoms with Crippen molar-refractivity contribution in [3.8, 4) is 5.69 Å². The number of allylic oxidation sites excluding steroid dienone is 4. The third-order valence-electron chi connectivity index (χ3n) is 8.47. The Bertz CT molecular complexity index is 2690. The zero-order valence-corrected chi connectivity index (χ0v) is 30.1. The van der Waals surface area contributed by atoms with Gasteiger partial charge in [0.15, 0.2) is 0 Å². The van der Waals surface area contributed by atoms with Gasteiger partial charge in [-0.05, 0) is 113 Å². The van der Waals surface area contributed by atoms with Gasteiger partial charge in [-0.15, -0.1) is 11.5 Å². The number of nitrogens with zero attached hydrogens (tertiary/aromatic N) is 2. The molecule has 0 spiro atoms. The maximum atomic E-state index is 6.35. The van der Waals surface area contributed by atoms with Crippen LogP contribution in [0.15, 0.2) is 124 Å². The van der Waals surface area contributed by atoms with E-state index in [1.165, 1.54) is 10.8 Å². The number of fused-ring (bicyclic) bond motifs is 9. The average molecular weight is 850 g/mol. The molecule has 7 aromatic rings. The van der Waals surface area contributed by atoms with Gasteiger partial charge in [-0.25, -0.2) is 0 Å². The number of hydrogen-bond donors (Lipinski definition) is 0. The lowest BCUT2D eigenvalue weighted by Crippen LogP contribution is -1.97. The minimum absolute atomic E-state index is 0.751. The summed E-state index contributed by atoms with van der Waals surface area (Å²) in [6.07, 6.45) is 12.1. The fraction of sp³-hybridized carbons (Fsp3) is 0. The lowest BCUT2D eigenvalue weighted by Gasteiger charge is -2.09. The quantitative estimate of drug-likeness (QED) is 0.159. The van der Waals surface area contributed by atoms with E-state index in [-0.39, 0.29) is 0 Å². The Labute approximate surface area is 297 Å². The van der Waals surface area contributed by atoms with Crippen LogP contribution in [0.4, 0.5) is 0 Å². The van der Waals surface area contributed by atoms with Crippen molar-refractivity contribution in [2.75, 3.05) is 0 Å². The standard InChI is InChI=1S/C39H18Br4N2O/c40-22-4-11-28-30-18-23(41)6-14-35(30)44(34(28)13-5-22)26-2-1-3-38-29(12-9-26)33-21-27(10-17-39(33)46-38)45-36-15-7-24(42)19-31(36)32-20-25(43)8-16-37(32)45/h2-3,5-8,10-21H. The Morgan fingerprint density at radius 1 is 0.543 bits per heavy atom. The summed E-state index contributed by atoms with van der Waals surface area (Å²) in [6, 6.07) is 25.6. The van der Waals surface area contributed by atoms with Crippen molar-refractivity contribution < 1.29 is 4.42 Å². The molecule has 3 aromatic heterocycles. The third-order valence-corrected chi connectivity index (χ3v) is 10.4. The first-order valence-corrected chi connectivity index (χ1v) is 17.6. The fourth-order valence-electron chi connectivity index (χ4n) is 6.50. The zero-order chi connectivity index (χ0) is 31.1. The van der Waals surface area contributed by atoms with Gasteiger partial charge in [0.1, 0.15) is 11.3 Å². The van der Waals surface area contributed by atoms with Gasteiger partial charge in [-0.1, -0.05) is 53.5 Å². The van der Waals surface area contributed by atoms with Crippen molar-refractivity contribution in [2.24, 2.45) is 0 Å². The van der Waals surface area contributed by atoms with Gasteiger partial charge in [0, 0.05) is 63.9 Å². The predicted molar refractivity (Wildman–Crippen MR) is 205 cm³/mol. The second-order valence-corrected chi connectivity index (χ2v) is 14.7. The molecule has 2 aliphatic carbocycles. The summed E-state index contributed by atoms with van der Waals surface area (Å²) in [6.45, 7) is 0. The number of halogens is 4. The number of aromatic nitrogens is 2. The van der Waals surface area contributed by atoms with E-state index < -0.39 is 0 Å². The smallest absolute Gasteiger partial charge is 0.143 e. The highest BCUT2D eigenvalue weighted by Gasteiger charge is 2.19. The maximum Gasteiger partial charge on any atom is 0.143 e. The highest BCUT2D eigenvalue weighted by Crippen LogP contribution is 2.39. The largest absolute Gasteiger partial charge is 0.455 e. The van der Waals surface area contributed by atoms with Gasteiger partial charge in [0.2, 0.25) is 0 Å². The Balaban J connectivity index is 1.27. The fourth-order valence-corrected chi connectivity index (χ4v) is 7.83. The lowest BCUT2D eigenvalue weighted by molar-refractivity contribution is 0.603.